The second kappa shape index (κ2) is 6.66. The summed E-state index contributed by atoms with van der Waals surface area (Å²) in [4.78, 5) is 21.6. The van der Waals surface area contributed by atoms with Gasteiger partial charge in [0.2, 0.25) is 5.91 Å². The van der Waals surface area contributed by atoms with Crippen LogP contribution in [-0.2, 0) is 11.2 Å². The highest BCUT2D eigenvalue weighted by atomic mass is 32.1. The van der Waals surface area contributed by atoms with Crippen LogP contribution in [-0.4, -0.2) is 23.0 Å². The summed E-state index contributed by atoms with van der Waals surface area (Å²) < 4.78 is 7.54. The number of thiazole rings is 2. The highest BCUT2D eigenvalue weighted by Crippen LogP contribution is 2.35. The molecule has 26 heavy (non-hydrogen) atoms. The van der Waals surface area contributed by atoms with E-state index in [0.29, 0.717) is 5.13 Å². The van der Waals surface area contributed by atoms with Crippen LogP contribution >= 0.6 is 22.7 Å². The summed E-state index contributed by atoms with van der Waals surface area (Å²) in [5, 5.41) is 4.55. The van der Waals surface area contributed by atoms with Crippen molar-refractivity contribution in [2.45, 2.75) is 20.3 Å². The average molecular weight is 383 g/mol. The minimum absolute atomic E-state index is 0.107. The van der Waals surface area contributed by atoms with Gasteiger partial charge >= 0.3 is 0 Å². The van der Waals surface area contributed by atoms with E-state index in [4.69, 9.17) is 4.74 Å². The maximum absolute atomic E-state index is 12.5. The molecule has 0 radical (unpaired) electrons. The van der Waals surface area contributed by atoms with Crippen molar-refractivity contribution in [3.8, 4) is 5.75 Å². The molecule has 2 aromatic carbocycles. The Morgan fingerprint density at radius 2 is 1.81 bits per heavy atom. The summed E-state index contributed by atoms with van der Waals surface area (Å²) in [6.45, 7) is 3.99. The van der Waals surface area contributed by atoms with Gasteiger partial charge in [-0.05, 0) is 32.0 Å². The van der Waals surface area contributed by atoms with Crippen LogP contribution in [0.1, 0.15) is 16.1 Å². The third kappa shape index (κ3) is 3.15. The fourth-order valence-corrected chi connectivity index (χ4v) is 4.94. The Labute approximate surface area is 158 Å². The number of hydrogen-bond donors (Lipinski definition) is 1. The van der Waals surface area contributed by atoms with Crippen LogP contribution < -0.4 is 10.1 Å². The zero-order valence-corrected chi connectivity index (χ0v) is 16.3. The molecule has 1 amide bonds. The number of carbonyl (C=O) groups is 1. The maximum atomic E-state index is 12.5. The molecule has 132 valence electrons. The third-order valence-electron chi connectivity index (χ3n) is 4.05. The number of nitrogens with one attached hydrogen (secondary N) is 1. The van der Waals surface area contributed by atoms with Gasteiger partial charge in [0.1, 0.15) is 5.75 Å². The second-order valence-corrected chi connectivity index (χ2v) is 8.26. The monoisotopic (exact) mass is 383 g/mol. The molecule has 0 saturated carbocycles. The van der Waals surface area contributed by atoms with Gasteiger partial charge in [-0.25, -0.2) is 9.97 Å². The first kappa shape index (κ1) is 16.9. The van der Waals surface area contributed by atoms with E-state index in [2.05, 4.69) is 15.3 Å². The zero-order chi connectivity index (χ0) is 18.3. The van der Waals surface area contributed by atoms with E-state index < -0.39 is 0 Å². The molecule has 0 atom stereocenters. The third-order valence-corrected chi connectivity index (χ3v) is 6.19. The molecule has 5 nitrogen and oxygen atoms in total. The van der Waals surface area contributed by atoms with Gasteiger partial charge in [-0.1, -0.05) is 29.0 Å². The van der Waals surface area contributed by atoms with Crippen molar-refractivity contribution in [1.29, 1.82) is 0 Å². The van der Waals surface area contributed by atoms with Gasteiger partial charge in [-0.2, -0.15) is 0 Å². The summed E-state index contributed by atoms with van der Waals surface area (Å²) in [7, 11) is 1.61. The van der Waals surface area contributed by atoms with Gasteiger partial charge in [-0.15, -0.1) is 11.3 Å². The summed E-state index contributed by atoms with van der Waals surface area (Å²) in [5.41, 5.74) is 3.82. The van der Waals surface area contributed by atoms with Gasteiger partial charge in [0.25, 0.3) is 0 Å². The topological polar surface area (TPSA) is 64.1 Å². The van der Waals surface area contributed by atoms with E-state index in [1.54, 1.807) is 18.4 Å². The van der Waals surface area contributed by atoms with Crippen LogP contribution in [0.15, 0.2) is 30.3 Å². The lowest BCUT2D eigenvalue weighted by molar-refractivity contribution is -0.115. The van der Waals surface area contributed by atoms with Crippen LogP contribution in [0.5, 0.6) is 5.75 Å². The number of benzene rings is 2. The van der Waals surface area contributed by atoms with Crippen molar-refractivity contribution in [2.75, 3.05) is 12.4 Å². The number of hydrogen-bond acceptors (Lipinski definition) is 6. The Kier molecular flexibility index (Phi) is 4.34. The van der Waals surface area contributed by atoms with Crippen LogP contribution in [0.2, 0.25) is 0 Å². The number of aromatic nitrogens is 2. The lowest BCUT2D eigenvalue weighted by Gasteiger charge is -2.09. The van der Waals surface area contributed by atoms with Crippen molar-refractivity contribution in [3.63, 3.8) is 0 Å². The summed E-state index contributed by atoms with van der Waals surface area (Å²) >= 11 is 3.14. The summed E-state index contributed by atoms with van der Waals surface area (Å²) in [6.07, 6.45) is 0.246. The number of amides is 1. The number of ether oxygens (including phenoxy) is 1. The van der Waals surface area contributed by atoms with Crippen molar-refractivity contribution < 1.29 is 9.53 Å². The standard InChI is InChI=1S/C19H17N3O2S2/c1-10-4-7-15(24-3)12(8-10)9-16(23)22-19-21-14-6-5-13-17(18(14)26-19)25-11(2)20-13/h4-8H,9H2,1-3H3,(H,21,22,23). The van der Waals surface area contributed by atoms with E-state index in [0.717, 1.165) is 42.3 Å². The Morgan fingerprint density at radius 1 is 1.08 bits per heavy atom. The normalized spacial score (nSPS) is 11.2. The molecule has 1 N–H and O–H groups in total. The zero-order valence-electron chi connectivity index (χ0n) is 14.6. The van der Waals surface area contributed by atoms with Crippen molar-refractivity contribution in [1.82, 2.24) is 9.97 Å². The number of methoxy groups -OCH3 is 1. The number of fused-ring (bicyclic) bond motifs is 3. The molecule has 0 aliphatic heterocycles. The highest BCUT2D eigenvalue weighted by Gasteiger charge is 2.14. The highest BCUT2D eigenvalue weighted by molar-refractivity contribution is 7.28. The quantitative estimate of drug-likeness (QED) is 0.554. The smallest absolute Gasteiger partial charge is 0.230 e. The predicted molar refractivity (Wildman–Crippen MR) is 108 cm³/mol. The lowest BCUT2D eigenvalue weighted by Crippen LogP contribution is -2.14. The van der Waals surface area contributed by atoms with Crippen LogP contribution in [0, 0.1) is 13.8 Å². The Morgan fingerprint density at radius 3 is 2.58 bits per heavy atom. The number of nitrogens with zero attached hydrogens (tertiary/aromatic N) is 2. The molecule has 0 fully saturated rings. The van der Waals surface area contributed by atoms with Gasteiger partial charge in [0, 0.05) is 5.56 Å². The number of anilines is 1. The van der Waals surface area contributed by atoms with Crippen molar-refractivity contribution in [3.05, 3.63) is 46.5 Å². The van der Waals surface area contributed by atoms with Crippen LogP contribution in [0.4, 0.5) is 5.13 Å². The Hall–Kier alpha value is -2.51. The molecule has 0 bridgehead atoms. The van der Waals surface area contributed by atoms with Gasteiger partial charge in [-0.3, -0.25) is 4.79 Å². The minimum atomic E-state index is -0.107. The van der Waals surface area contributed by atoms with E-state index in [1.165, 1.54) is 11.3 Å². The van der Waals surface area contributed by atoms with E-state index >= 15 is 0 Å². The summed E-state index contributed by atoms with van der Waals surface area (Å²) in [5.74, 6) is 0.613. The second-order valence-electron chi connectivity index (χ2n) is 6.05. The summed E-state index contributed by atoms with van der Waals surface area (Å²) in [6, 6.07) is 9.76. The fourth-order valence-electron chi connectivity index (χ4n) is 2.92. The van der Waals surface area contributed by atoms with Crippen LogP contribution in [0.25, 0.3) is 20.4 Å². The Bertz CT molecular complexity index is 1130. The molecule has 0 spiro atoms. The van der Waals surface area contributed by atoms with Gasteiger partial charge in [0.15, 0.2) is 5.13 Å². The predicted octanol–water partition coefficient (Wildman–Crippen LogP) is 4.71. The van der Waals surface area contributed by atoms with Gasteiger partial charge in [0.05, 0.1) is 39.0 Å². The molecule has 0 aliphatic rings. The fraction of sp³-hybridized carbons (Fsp3) is 0.211. The molecular weight excluding hydrogens is 366 g/mol. The molecule has 0 saturated heterocycles. The van der Waals surface area contributed by atoms with E-state index in [1.807, 2.05) is 44.2 Å². The van der Waals surface area contributed by atoms with Crippen molar-refractivity contribution >= 4 is 54.1 Å². The maximum Gasteiger partial charge on any atom is 0.230 e. The van der Waals surface area contributed by atoms with E-state index in [9.17, 15) is 4.79 Å². The Balaban J connectivity index is 1.60. The van der Waals surface area contributed by atoms with E-state index in [-0.39, 0.29) is 12.3 Å². The first-order valence-corrected chi connectivity index (χ1v) is 9.77. The molecule has 4 aromatic rings. The SMILES string of the molecule is COc1ccc(C)cc1CC(=O)Nc1nc2ccc3nc(C)sc3c2s1. The molecule has 0 aliphatic carbocycles. The molecular formula is C19H17N3O2S2. The van der Waals surface area contributed by atoms with Crippen LogP contribution in [0.3, 0.4) is 0 Å². The largest absolute Gasteiger partial charge is 0.496 e. The molecule has 4 rings (SSSR count). The average Bonchev–Trinajstić information content (AvgIpc) is 3.16. The minimum Gasteiger partial charge on any atom is -0.496 e. The van der Waals surface area contributed by atoms with Crippen molar-refractivity contribution in [2.24, 2.45) is 0 Å². The first-order valence-electron chi connectivity index (χ1n) is 8.13. The number of carbonyl (C=O) groups excluding carboxylic acids is 1. The first-order chi connectivity index (χ1) is 12.5. The molecule has 0 unspecified atom stereocenters. The molecule has 7 heteroatoms. The number of rotatable bonds is 4. The number of aryl methyl sites for hydroxylation is 2. The van der Waals surface area contributed by atoms with Gasteiger partial charge < -0.3 is 10.1 Å². The lowest BCUT2D eigenvalue weighted by atomic mass is 10.1. The molecule has 2 aromatic heterocycles. The molecule has 2 heterocycles.